The summed E-state index contributed by atoms with van der Waals surface area (Å²) in [6, 6.07) is 0.171. The van der Waals surface area contributed by atoms with Crippen LogP contribution in [0.15, 0.2) is 0 Å². The van der Waals surface area contributed by atoms with Crippen LogP contribution in [0, 0.1) is 10.8 Å². The molecule has 1 heterocycles. The number of amidine groups is 1. The van der Waals surface area contributed by atoms with Crippen molar-refractivity contribution in [2.75, 3.05) is 13.1 Å². The van der Waals surface area contributed by atoms with Crippen LogP contribution >= 0.6 is 0 Å². The predicted molar refractivity (Wildman–Crippen MR) is 65.2 cm³/mol. The van der Waals surface area contributed by atoms with Crippen LogP contribution in [0.1, 0.15) is 46.5 Å². The molecule has 1 saturated heterocycles. The maximum absolute atomic E-state index is 7.60. The Kier molecular flexibility index (Phi) is 4.14. The van der Waals surface area contributed by atoms with Gasteiger partial charge < -0.3 is 5.73 Å². The molecule has 0 spiro atoms. The van der Waals surface area contributed by atoms with Gasteiger partial charge in [0.1, 0.15) is 5.84 Å². The highest BCUT2D eigenvalue weighted by atomic mass is 15.2. The lowest BCUT2D eigenvalue weighted by atomic mass is 9.82. The number of hydrogen-bond acceptors (Lipinski definition) is 2. The molecule has 3 heteroatoms. The third kappa shape index (κ3) is 2.51. The van der Waals surface area contributed by atoms with Crippen LogP contribution in [-0.4, -0.2) is 29.9 Å². The number of nitrogens with zero attached hydrogens (tertiary/aromatic N) is 1. The Morgan fingerprint density at radius 2 is 2.00 bits per heavy atom. The highest BCUT2D eigenvalue weighted by molar-refractivity contribution is 5.82. The quantitative estimate of drug-likeness (QED) is 0.541. The van der Waals surface area contributed by atoms with E-state index in [9.17, 15) is 0 Å². The first-order valence-electron chi connectivity index (χ1n) is 6.16. The van der Waals surface area contributed by atoms with Gasteiger partial charge in [0.05, 0.1) is 6.04 Å². The Bertz CT molecular complexity index is 221. The summed E-state index contributed by atoms with van der Waals surface area (Å²) in [5, 5.41) is 7.60. The molecule has 0 radical (unpaired) electrons. The Morgan fingerprint density at radius 3 is 2.33 bits per heavy atom. The minimum Gasteiger partial charge on any atom is -0.386 e. The molecule has 3 N–H and O–H groups in total. The Hall–Kier alpha value is -0.570. The van der Waals surface area contributed by atoms with Gasteiger partial charge in [-0.15, -0.1) is 0 Å². The van der Waals surface area contributed by atoms with E-state index in [1.165, 1.54) is 19.3 Å². The monoisotopic (exact) mass is 211 g/mol. The average molecular weight is 211 g/mol. The fourth-order valence-electron chi connectivity index (χ4n) is 2.74. The molecule has 15 heavy (non-hydrogen) atoms. The molecule has 0 aromatic rings. The van der Waals surface area contributed by atoms with Crippen molar-refractivity contribution in [1.29, 1.82) is 5.41 Å². The van der Waals surface area contributed by atoms with E-state index in [0.717, 1.165) is 19.5 Å². The smallest absolute Gasteiger partial charge is 0.108 e. The lowest BCUT2D eigenvalue weighted by Gasteiger charge is -2.30. The van der Waals surface area contributed by atoms with Gasteiger partial charge in [-0.3, -0.25) is 10.3 Å². The van der Waals surface area contributed by atoms with Crippen LogP contribution < -0.4 is 5.73 Å². The molecule has 1 aliphatic heterocycles. The second kappa shape index (κ2) is 4.97. The number of likely N-dealkylation sites (tertiary alicyclic amines) is 1. The first-order valence-corrected chi connectivity index (χ1v) is 6.16. The number of hydrogen-bond donors (Lipinski definition) is 2. The molecular weight excluding hydrogens is 186 g/mol. The zero-order valence-electron chi connectivity index (χ0n) is 10.3. The maximum atomic E-state index is 7.60. The van der Waals surface area contributed by atoms with Crippen molar-refractivity contribution >= 4 is 5.84 Å². The Morgan fingerprint density at radius 1 is 1.40 bits per heavy atom. The van der Waals surface area contributed by atoms with Gasteiger partial charge in [-0.05, 0) is 37.6 Å². The molecule has 0 bridgehead atoms. The molecule has 88 valence electrons. The molecule has 1 aliphatic rings. The van der Waals surface area contributed by atoms with E-state index in [1.807, 2.05) is 0 Å². The van der Waals surface area contributed by atoms with E-state index in [4.69, 9.17) is 11.1 Å². The summed E-state index contributed by atoms with van der Waals surface area (Å²) in [6.07, 6.45) is 4.71. The summed E-state index contributed by atoms with van der Waals surface area (Å²) in [5.41, 5.74) is 6.13. The van der Waals surface area contributed by atoms with Crippen LogP contribution in [0.4, 0.5) is 0 Å². The van der Waals surface area contributed by atoms with Gasteiger partial charge >= 0.3 is 0 Å². The second-order valence-corrected chi connectivity index (χ2v) is 4.81. The molecule has 0 aromatic carbocycles. The average Bonchev–Trinajstić information content (AvgIpc) is 2.64. The third-order valence-corrected chi connectivity index (χ3v) is 4.15. The standard InChI is InChI=1S/C12H25N3/c1-4-10(11(13)14)15-8-7-12(5-2,6-3)9-15/h10H,4-9H2,1-3H3,(H3,13,14). The zero-order valence-corrected chi connectivity index (χ0v) is 10.3. The maximum Gasteiger partial charge on any atom is 0.108 e. The SMILES string of the molecule is CCC(C(=N)N)N1CCC(CC)(CC)C1. The molecule has 0 aliphatic carbocycles. The highest BCUT2D eigenvalue weighted by Crippen LogP contribution is 2.37. The molecule has 1 unspecified atom stereocenters. The van der Waals surface area contributed by atoms with Gasteiger partial charge in [-0.1, -0.05) is 20.8 Å². The normalized spacial score (nSPS) is 22.9. The zero-order chi connectivity index (χ0) is 11.5. The van der Waals surface area contributed by atoms with Gasteiger partial charge in [-0.2, -0.15) is 0 Å². The minimum absolute atomic E-state index is 0.171. The van der Waals surface area contributed by atoms with Crippen LogP contribution in [0.2, 0.25) is 0 Å². The summed E-state index contributed by atoms with van der Waals surface area (Å²) in [6.45, 7) is 8.91. The third-order valence-electron chi connectivity index (χ3n) is 4.15. The molecule has 1 fully saturated rings. The van der Waals surface area contributed by atoms with Crippen molar-refractivity contribution in [3.05, 3.63) is 0 Å². The molecule has 1 atom stereocenters. The largest absolute Gasteiger partial charge is 0.386 e. The summed E-state index contributed by atoms with van der Waals surface area (Å²) < 4.78 is 0. The topological polar surface area (TPSA) is 53.1 Å². The molecule has 0 amide bonds. The van der Waals surface area contributed by atoms with Crippen molar-refractivity contribution in [1.82, 2.24) is 4.90 Å². The number of rotatable bonds is 5. The van der Waals surface area contributed by atoms with Crippen molar-refractivity contribution in [3.63, 3.8) is 0 Å². The second-order valence-electron chi connectivity index (χ2n) is 4.81. The van der Waals surface area contributed by atoms with E-state index in [0.29, 0.717) is 11.3 Å². The Balaban J connectivity index is 2.65. The number of nitrogens with one attached hydrogen (secondary N) is 1. The first kappa shape index (κ1) is 12.5. The summed E-state index contributed by atoms with van der Waals surface area (Å²) in [4.78, 5) is 2.40. The first-order chi connectivity index (χ1) is 7.08. The van der Waals surface area contributed by atoms with E-state index >= 15 is 0 Å². The summed E-state index contributed by atoms with van der Waals surface area (Å²) >= 11 is 0. The van der Waals surface area contributed by atoms with Crippen molar-refractivity contribution < 1.29 is 0 Å². The van der Waals surface area contributed by atoms with E-state index in [2.05, 4.69) is 25.7 Å². The molecule has 0 aromatic heterocycles. The van der Waals surface area contributed by atoms with Gasteiger partial charge in [0.25, 0.3) is 0 Å². The molecule has 0 saturated carbocycles. The van der Waals surface area contributed by atoms with Gasteiger partial charge in [0, 0.05) is 6.54 Å². The lowest BCUT2D eigenvalue weighted by molar-refractivity contribution is 0.220. The van der Waals surface area contributed by atoms with E-state index in [-0.39, 0.29) is 6.04 Å². The molecule has 3 nitrogen and oxygen atoms in total. The van der Waals surface area contributed by atoms with E-state index in [1.54, 1.807) is 0 Å². The van der Waals surface area contributed by atoms with Crippen molar-refractivity contribution in [2.45, 2.75) is 52.5 Å². The van der Waals surface area contributed by atoms with Crippen LogP contribution in [0.25, 0.3) is 0 Å². The summed E-state index contributed by atoms with van der Waals surface area (Å²) in [7, 11) is 0. The van der Waals surface area contributed by atoms with Crippen LogP contribution in [0.3, 0.4) is 0 Å². The minimum atomic E-state index is 0.171. The highest BCUT2D eigenvalue weighted by Gasteiger charge is 2.37. The fourth-order valence-corrected chi connectivity index (χ4v) is 2.74. The fraction of sp³-hybridized carbons (Fsp3) is 0.917. The predicted octanol–water partition coefficient (Wildman–Crippen LogP) is 2.21. The lowest BCUT2D eigenvalue weighted by Crippen LogP contribution is -2.43. The van der Waals surface area contributed by atoms with E-state index < -0.39 is 0 Å². The Labute approximate surface area is 93.5 Å². The van der Waals surface area contributed by atoms with Crippen LogP contribution in [-0.2, 0) is 0 Å². The van der Waals surface area contributed by atoms with Gasteiger partial charge in [0.2, 0.25) is 0 Å². The van der Waals surface area contributed by atoms with Crippen LogP contribution in [0.5, 0.6) is 0 Å². The van der Waals surface area contributed by atoms with Crippen molar-refractivity contribution in [3.8, 4) is 0 Å². The number of nitrogens with two attached hydrogens (primary N) is 1. The van der Waals surface area contributed by atoms with Gasteiger partial charge in [0.15, 0.2) is 0 Å². The molecular formula is C12H25N3. The molecule has 1 rings (SSSR count). The van der Waals surface area contributed by atoms with Crippen molar-refractivity contribution in [2.24, 2.45) is 11.1 Å². The summed E-state index contributed by atoms with van der Waals surface area (Å²) in [5.74, 6) is 0.334. The van der Waals surface area contributed by atoms with Gasteiger partial charge in [-0.25, -0.2) is 0 Å².